The summed E-state index contributed by atoms with van der Waals surface area (Å²) in [5.41, 5.74) is 0.215. The molecule has 18 heavy (non-hydrogen) atoms. The van der Waals surface area contributed by atoms with Gasteiger partial charge in [0.05, 0.1) is 7.11 Å². The molecular formula is C12H16N2O4. The molecule has 1 rings (SSSR count). The summed E-state index contributed by atoms with van der Waals surface area (Å²) in [5, 5.41) is 11.5. The number of carbonyl (C=O) groups is 2. The van der Waals surface area contributed by atoms with Gasteiger partial charge in [-0.05, 0) is 18.1 Å². The van der Waals surface area contributed by atoms with Crippen LogP contribution in [0.3, 0.4) is 0 Å². The number of nitrogens with zero attached hydrogens (tertiary/aromatic N) is 1. The third-order valence-corrected chi connectivity index (χ3v) is 2.43. The van der Waals surface area contributed by atoms with Crippen molar-refractivity contribution >= 4 is 11.9 Å². The number of amides is 1. The minimum atomic E-state index is -1.07. The molecule has 6 nitrogen and oxygen atoms in total. The van der Waals surface area contributed by atoms with Crippen molar-refractivity contribution in [2.75, 3.05) is 7.11 Å². The molecule has 1 aromatic heterocycles. The van der Waals surface area contributed by atoms with Crippen LogP contribution < -0.4 is 10.1 Å². The lowest BCUT2D eigenvalue weighted by Gasteiger charge is -2.18. The van der Waals surface area contributed by atoms with Crippen molar-refractivity contribution in [2.45, 2.75) is 19.9 Å². The third-order valence-electron chi connectivity index (χ3n) is 2.43. The number of rotatable bonds is 5. The maximum atomic E-state index is 11.9. The highest BCUT2D eigenvalue weighted by atomic mass is 16.5. The number of ether oxygens (including phenoxy) is 1. The lowest BCUT2D eigenvalue weighted by molar-refractivity contribution is -0.140. The fourth-order valence-electron chi connectivity index (χ4n) is 1.46. The number of hydrogen-bond donors (Lipinski definition) is 2. The second-order valence-electron chi connectivity index (χ2n) is 4.09. The average molecular weight is 252 g/mol. The normalized spacial score (nSPS) is 12.0. The van der Waals surface area contributed by atoms with Crippen molar-refractivity contribution < 1.29 is 19.4 Å². The summed E-state index contributed by atoms with van der Waals surface area (Å²) in [5.74, 6) is -1.63. The monoisotopic (exact) mass is 252 g/mol. The van der Waals surface area contributed by atoms with E-state index in [0.29, 0.717) is 0 Å². The highest BCUT2D eigenvalue weighted by molar-refractivity contribution is 5.98. The third kappa shape index (κ3) is 3.19. The van der Waals surface area contributed by atoms with Gasteiger partial charge >= 0.3 is 5.97 Å². The molecule has 6 heteroatoms. The van der Waals surface area contributed by atoms with E-state index >= 15 is 0 Å². The number of methoxy groups -OCH3 is 1. The molecule has 0 saturated heterocycles. The number of carboxylic acid groups (broad SMARTS) is 1. The highest BCUT2D eigenvalue weighted by Crippen LogP contribution is 2.14. The summed E-state index contributed by atoms with van der Waals surface area (Å²) in [7, 11) is 1.40. The van der Waals surface area contributed by atoms with E-state index in [1.54, 1.807) is 19.9 Å². The number of hydrogen-bond acceptors (Lipinski definition) is 4. The van der Waals surface area contributed by atoms with Gasteiger partial charge in [0.15, 0.2) is 0 Å². The first-order chi connectivity index (χ1) is 8.47. The number of nitrogens with one attached hydrogen (secondary N) is 1. The van der Waals surface area contributed by atoms with E-state index in [2.05, 4.69) is 10.3 Å². The molecular weight excluding hydrogens is 236 g/mol. The van der Waals surface area contributed by atoms with Gasteiger partial charge < -0.3 is 15.2 Å². The summed E-state index contributed by atoms with van der Waals surface area (Å²) >= 11 is 0. The van der Waals surface area contributed by atoms with Crippen molar-refractivity contribution in [3.8, 4) is 5.88 Å². The SMILES string of the molecule is COc1ncccc1C(=O)NC(C(=O)O)C(C)C. The Hall–Kier alpha value is -2.11. The van der Waals surface area contributed by atoms with E-state index in [1.807, 2.05) is 0 Å². The number of pyridine rings is 1. The first kappa shape index (κ1) is 14.0. The van der Waals surface area contributed by atoms with Gasteiger partial charge in [-0.15, -0.1) is 0 Å². The molecule has 1 unspecified atom stereocenters. The number of aliphatic carboxylic acids is 1. The van der Waals surface area contributed by atoms with Crippen LogP contribution in [0.4, 0.5) is 0 Å². The zero-order chi connectivity index (χ0) is 13.7. The predicted octanol–water partition coefficient (Wildman–Crippen LogP) is 0.929. The van der Waals surface area contributed by atoms with E-state index in [0.717, 1.165) is 0 Å². The van der Waals surface area contributed by atoms with Gasteiger partial charge in [0, 0.05) is 6.20 Å². The van der Waals surface area contributed by atoms with Gasteiger partial charge in [-0.1, -0.05) is 13.8 Å². The fourth-order valence-corrected chi connectivity index (χ4v) is 1.46. The second kappa shape index (κ2) is 6.00. The Balaban J connectivity index is 2.90. The molecule has 0 fully saturated rings. The van der Waals surface area contributed by atoms with Gasteiger partial charge in [-0.2, -0.15) is 0 Å². The van der Waals surface area contributed by atoms with Crippen LogP contribution in [0.1, 0.15) is 24.2 Å². The predicted molar refractivity (Wildman–Crippen MR) is 64.5 cm³/mol. The second-order valence-corrected chi connectivity index (χ2v) is 4.09. The largest absolute Gasteiger partial charge is 0.480 e. The minimum Gasteiger partial charge on any atom is -0.480 e. The van der Waals surface area contributed by atoms with Gasteiger partial charge in [0.25, 0.3) is 5.91 Å². The first-order valence-corrected chi connectivity index (χ1v) is 5.50. The highest BCUT2D eigenvalue weighted by Gasteiger charge is 2.25. The fraction of sp³-hybridized carbons (Fsp3) is 0.417. The molecule has 0 bridgehead atoms. The van der Waals surface area contributed by atoms with Gasteiger partial charge in [0.2, 0.25) is 5.88 Å². The van der Waals surface area contributed by atoms with Gasteiger partial charge in [-0.25, -0.2) is 9.78 Å². The molecule has 0 radical (unpaired) electrons. The smallest absolute Gasteiger partial charge is 0.326 e. The molecule has 0 aromatic carbocycles. The van der Waals surface area contributed by atoms with Crippen molar-refractivity contribution in [1.82, 2.24) is 10.3 Å². The van der Waals surface area contributed by atoms with Crippen LogP contribution in [-0.4, -0.2) is 35.1 Å². The van der Waals surface area contributed by atoms with Crippen LogP contribution in [0.15, 0.2) is 18.3 Å². The molecule has 0 aliphatic carbocycles. The topological polar surface area (TPSA) is 88.5 Å². The quantitative estimate of drug-likeness (QED) is 0.813. The van der Waals surface area contributed by atoms with Gasteiger partial charge in [0.1, 0.15) is 11.6 Å². The Labute approximate surface area is 105 Å². The molecule has 0 saturated carbocycles. The van der Waals surface area contributed by atoms with Crippen LogP contribution in [0.5, 0.6) is 5.88 Å². The maximum absolute atomic E-state index is 11.9. The number of aromatic nitrogens is 1. The Morgan fingerprint density at radius 2 is 2.11 bits per heavy atom. The van der Waals surface area contributed by atoms with E-state index < -0.39 is 17.9 Å². The van der Waals surface area contributed by atoms with Crippen molar-refractivity contribution in [3.05, 3.63) is 23.9 Å². The molecule has 0 spiro atoms. The first-order valence-electron chi connectivity index (χ1n) is 5.50. The van der Waals surface area contributed by atoms with E-state index in [4.69, 9.17) is 9.84 Å². The van der Waals surface area contributed by atoms with Crippen LogP contribution in [0.25, 0.3) is 0 Å². The molecule has 98 valence electrons. The molecule has 0 aliphatic heterocycles. The Bertz CT molecular complexity index is 445. The van der Waals surface area contributed by atoms with Crippen molar-refractivity contribution in [2.24, 2.45) is 5.92 Å². The molecule has 2 N–H and O–H groups in total. The summed E-state index contributed by atoms with van der Waals surface area (Å²) < 4.78 is 4.95. The zero-order valence-electron chi connectivity index (χ0n) is 10.5. The average Bonchev–Trinajstić information content (AvgIpc) is 2.34. The van der Waals surface area contributed by atoms with Crippen LogP contribution in [-0.2, 0) is 4.79 Å². The van der Waals surface area contributed by atoms with Crippen molar-refractivity contribution in [1.29, 1.82) is 0 Å². The molecule has 1 amide bonds. The lowest BCUT2D eigenvalue weighted by Crippen LogP contribution is -2.44. The molecule has 1 heterocycles. The number of carboxylic acids is 1. The Kier molecular flexibility index (Phi) is 4.65. The minimum absolute atomic E-state index is 0.169. The lowest BCUT2D eigenvalue weighted by atomic mass is 10.0. The maximum Gasteiger partial charge on any atom is 0.326 e. The summed E-state index contributed by atoms with van der Waals surface area (Å²) in [6.07, 6.45) is 1.49. The van der Waals surface area contributed by atoms with E-state index in [1.165, 1.54) is 19.4 Å². The van der Waals surface area contributed by atoms with Crippen molar-refractivity contribution in [3.63, 3.8) is 0 Å². The summed E-state index contributed by atoms with van der Waals surface area (Å²) in [6.45, 7) is 3.44. The Morgan fingerprint density at radius 1 is 1.44 bits per heavy atom. The molecule has 1 aromatic rings. The molecule has 0 aliphatic rings. The van der Waals surface area contributed by atoms with E-state index in [9.17, 15) is 9.59 Å². The molecule has 1 atom stereocenters. The summed E-state index contributed by atoms with van der Waals surface area (Å²) in [4.78, 5) is 26.8. The Morgan fingerprint density at radius 3 is 2.61 bits per heavy atom. The standard InChI is InChI=1S/C12H16N2O4/c1-7(2)9(12(16)17)14-10(15)8-5-4-6-13-11(8)18-3/h4-7,9H,1-3H3,(H,14,15)(H,16,17). The van der Waals surface area contributed by atoms with Crippen LogP contribution in [0.2, 0.25) is 0 Å². The zero-order valence-corrected chi connectivity index (χ0v) is 10.5. The number of carbonyl (C=O) groups excluding carboxylic acids is 1. The van der Waals surface area contributed by atoms with E-state index in [-0.39, 0.29) is 17.4 Å². The van der Waals surface area contributed by atoms with Gasteiger partial charge in [-0.3, -0.25) is 4.79 Å². The van der Waals surface area contributed by atoms with Crippen LogP contribution in [0, 0.1) is 5.92 Å². The summed E-state index contributed by atoms with van der Waals surface area (Å²) in [6, 6.07) is 2.17. The van der Waals surface area contributed by atoms with Crippen LogP contribution >= 0.6 is 0 Å².